The predicted molar refractivity (Wildman–Crippen MR) is 51.1 cm³/mol. The lowest BCUT2D eigenvalue weighted by molar-refractivity contribution is 0.769. The van der Waals surface area contributed by atoms with E-state index in [1.165, 1.54) is 17.3 Å². The Morgan fingerprint density at radius 2 is 2.13 bits per heavy atom. The molecule has 7 nitrogen and oxygen atoms in total. The monoisotopic (exact) mass is 203 g/mol. The number of nitrogen functional groups attached to an aromatic ring is 1. The van der Waals surface area contributed by atoms with Crippen LogP contribution >= 0.6 is 0 Å². The van der Waals surface area contributed by atoms with E-state index in [0.29, 0.717) is 11.9 Å². The standard InChI is InChI=1S/C8H9N7/c9-7-12-6(5-1-2-5)13-8(14-7)15-4-10-3-11-15/h3-5H,1-2H2,(H2,9,12,13,14). The molecule has 3 rings (SSSR count). The maximum Gasteiger partial charge on any atom is 0.257 e. The molecule has 0 spiro atoms. The van der Waals surface area contributed by atoms with Gasteiger partial charge in [-0.05, 0) is 12.8 Å². The van der Waals surface area contributed by atoms with Crippen molar-refractivity contribution in [2.45, 2.75) is 18.8 Å². The highest BCUT2D eigenvalue weighted by Crippen LogP contribution is 2.38. The van der Waals surface area contributed by atoms with Crippen LogP contribution in [0.3, 0.4) is 0 Å². The fraction of sp³-hybridized carbons (Fsp3) is 0.375. The first kappa shape index (κ1) is 8.27. The van der Waals surface area contributed by atoms with Gasteiger partial charge in [-0.25, -0.2) is 4.98 Å². The summed E-state index contributed by atoms with van der Waals surface area (Å²) >= 11 is 0. The molecule has 1 fully saturated rings. The van der Waals surface area contributed by atoms with Gasteiger partial charge in [0.1, 0.15) is 18.5 Å². The summed E-state index contributed by atoms with van der Waals surface area (Å²) in [5.41, 5.74) is 5.61. The third-order valence-electron chi connectivity index (χ3n) is 2.22. The Morgan fingerprint density at radius 3 is 2.80 bits per heavy atom. The first-order chi connectivity index (χ1) is 7.33. The maximum atomic E-state index is 5.61. The molecule has 0 atom stereocenters. The molecule has 1 aliphatic rings. The molecular weight excluding hydrogens is 194 g/mol. The summed E-state index contributed by atoms with van der Waals surface area (Å²) in [7, 11) is 0. The average molecular weight is 203 g/mol. The first-order valence-electron chi connectivity index (χ1n) is 4.69. The van der Waals surface area contributed by atoms with Crippen LogP contribution in [0.25, 0.3) is 5.95 Å². The number of rotatable bonds is 2. The summed E-state index contributed by atoms with van der Waals surface area (Å²) in [6, 6.07) is 0. The SMILES string of the molecule is Nc1nc(C2CC2)nc(-n2cncn2)n1. The van der Waals surface area contributed by atoms with Gasteiger partial charge in [0.2, 0.25) is 5.95 Å². The topological polar surface area (TPSA) is 95.4 Å². The Hall–Kier alpha value is -2.05. The van der Waals surface area contributed by atoms with Crippen LogP contribution in [0, 0.1) is 0 Å². The third kappa shape index (κ3) is 1.51. The molecule has 0 amide bonds. The van der Waals surface area contributed by atoms with Gasteiger partial charge < -0.3 is 5.73 Å². The molecule has 0 unspecified atom stereocenters. The molecule has 1 saturated carbocycles. The van der Waals surface area contributed by atoms with E-state index in [4.69, 9.17) is 5.73 Å². The summed E-state index contributed by atoms with van der Waals surface area (Å²) in [4.78, 5) is 16.2. The molecule has 2 N–H and O–H groups in total. The molecule has 2 aromatic rings. The zero-order chi connectivity index (χ0) is 10.3. The number of nitrogens with two attached hydrogens (primary N) is 1. The van der Waals surface area contributed by atoms with Crippen molar-refractivity contribution in [1.29, 1.82) is 0 Å². The van der Waals surface area contributed by atoms with Gasteiger partial charge in [-0.1, -0.05) is 0 Å². The lowest BCUT2D eigenvalue weighted by Crippen LogP contribution is -2.09. The van der Waals surface area contributed by atoms with Crippen LogP contribution in [0.4, 0.5) is 5.95 Å². The lowest BCUT2D eigenvalue weighted by Gasteiger charge is -2.02. The molecule has 0 saturated heterocycles. The number of anilines is 1. The molecule has 0 bridgehead atoms. The average Bonchev–Trinajstić information content (AvgIpc) is 2.93. The summed E-state index contributed by atoms with van der Waals surface area (Å²) in [6.07, 6.45) is 5.21. The predicted octanol–water partition coefficient (Wildman–Crippen LogP) is -0.0881. The van der Waals surface area contributed by atoms with Gasteiger partial charge in [-0.15, -0.1) is 0 Å². The molecule has 76 valence electrons. The highest BCUT2D eigenvalue weighted by molar-refractivity contribution is 5.24. The second-order valence-electron chi connectivity index (χ2n) is 3.47. The third-order valence-corrected chi connectivity index (χ3v) is 2.22. The zero-order valence-electron chi connectivity index (χ0n) is 7.91. The summed E-state index contributed by atoms with van der Waals surface area (Å²) in [5, 5.41) is 3.95. The Bertz CT molecular complexity index is 474. The summed E-state index contributed by atoms with van der Waals surface area (Å²) in [6.45, 7) is 0. The highest BCUT2D eigenvalue weighted by atomic mass is 15.4. The van der Waals surface area contributed by atoms with Crippen LogP contribution < -0.4 is 5.73 Å². The van der Waals surface area contributed by atoms with E-state index in [1.807, 2.05) is 0 Å². The van der Waals surface area contributed by atoms with Crippen molar-refractivity contribution < 1.29 is 0 Å². The minimum absolute atomic E-state index is 0.234. The number of hydrogen-bond acceptors (Lipinski definition) is 6. The normalized spacial score (nSPS) is 15.5. The molecule has 0 radical (unpaired) electrons. The minimum Gasteiger partial charge on any atom is -0.368 e. The van der Waals surface area contributed by atoms with E-state index in [0.717, 1.165) is 18.7 Å². The van der Waals surface area contributed by atoms with Crippen molar-refractivity contribution in [2.24, 2.45) is 0 Å². The highest BCUT2D eigenvalue weighted by Gasteiger charge is 2.27. The van der Waals surface area contributed by atoms with E-state index in [2.05, 4.69) is 25.0 Å². The number of nitrogens with zero attached hydrogens (tertiary/aromatic N) is 6. The minimum atomic E-state index is 0.234. The van der Waals surface area contributed by atoms with E-state index in [-0.39, 0.29) is 5.95 Å². The molecule has 1 aliphatic carbocycles. The second kappa shape index (κ2) is 2.97. The van der Waals surface area contributed by atoms with Crippen molar-refractivity contribution in [3.05, 3.63) is 18.5 Å². The first-order valence-corrected chi connectivity index (χ1v) is 4.69. The van der Waals surface area contributed by atoms with Crippen molar-refractivity contribution in [3.63, 3.8) is 0 Å². The second-order valence-corrected chi connectivity index (χ2v) is 3.47. The van der Waals surface area contributed by atoms with Crippen molar-refractivity contribution in [3.8, 4) is 5.95 Å². The molecule has 7 heteroatoms. The van der Waals surface area contributed by atoms with Gasteiger partial charge in [-0.3, -0.25) is 0 Å². The zero-order valence-corrected chi connectivity index (χ0v) is 7.91. The van der Waals surface area contributed by atoms with Gasteiger partial charge in [0.15, 0.2) is 0 Å². The fourth-order valence-electron chi connectivity index (χ4n) is 1.34. The van der Waals surface area contributed by atoms with E-state index < -0.39 is 0 Å². The van der Waals surface area contributed by atoms with Crippen LogP contribution in [0.1, 0.15) is 24.6 Å². The van der Waals surface area contributed by atoms with E-state index in [9.17, 15) is 0 Å². The molecule has 0 aliphatic heterocycles. The molecule has 0 aromatic carbocycles. The Balaban J connectivity index is 2.07. The van der Waals surface area contributed by atoms with Crippen molar-refractivity contribution in [2.75, 3.05) is 5.73 Å². The van der Waals surface area contributed by atoms with Gasteiger partial charge in [0.05, 0.1) is 0 Å². The summed E-state index contributed by atoms with van der Waals surface area (Å²) in [5.74, 6) is 1.87. The van der Waals surface area contributed by atoms with Gasteiger partial charge in [0, 0.05) is 5.92 Å². The van der Waals surface area contributed by atoms with Crippen molar-refractivity contribution >= 4 is 5.95 Å². The Morgan fingerprint density at radius 1 is 1.27 bits per heavy atom. The van der Waals surface area contributed by atoms with Gasteiger partial charge in [0.25, 0.3) is 5.95 Å². The van der Waals surface area contributed by atoms with Gasteiger partial charge in [-0.2, -0.15) is 24.7 Å². The van der Waals surface area contributed by atoms with Crippen LogP contribution in [0.5, 0.6) is 0 Å². The smallest absolute Gasteiger partial charge is 0.257 e. The molecule has 2 aromatic heterocycles. The quantitative estimate of drug-likeness (QED) is 0.732. The van der Waals surface area contributed by atoms with Crippen LogP contribution in [0.2, 0.25) is 0 Å². The molecular formula is C8H9N7. The van der Waals surface area contributed by atoms with Crippen LogP contribution in [-0.2, 0) is 0 Å². The van der Waals surface area contributed by atoms with Crippen LogP contribution in [0.15, 0.2) is 12.7 Å². The fourth-order valence-corrected chi connectivity index (χ4v) is 1.34. The maximum absolute atomic E-state index is 5.61. The van der Waals surface area contributed by atoms with Gasteiger partial charge >= 0.3 is 0 Å². The van der Waals surface area contributed by atoms with E-state index >= 15 is 0 Å². The molecule has 15 heavy (non-hydrogen) atoms. The Labute approximate surface area is 85.4 Å². The summed E-state index contributed by atoms with van der Waals surface area (Å²) < 4.78 is 1.48. The van der Waals surface area contributed by atoms with E-state index in [1.54, 1.807) is 0 Å². The van der Waals surface area contributed by atoms with Crippen molar-refractivity contribution in [1.82, 2.24) is 29.7 Å². The number of hydrogen-bond donors (Lipinski definition) is 1. The molecule has 2 heterocycles. The lowest BCUT2D eigenvalue weighted by atomic mass is 10.4. The Kier molecular flexibility index (Phi) is 1.64. The number of aromatic nitrogens is 6. The van der Waals surface area contributed by atoms with Crippen LogP contribution in [-0.4, -0.2) is 29.7 Å². The largest absolute Gasteiger partial charge is 0.368 e.